The molecule has 37 heavy (non-hydrogen) atoms. The number of nitrogens with two attached hydrogens (primary N) is 1. The predicted molar refractivity (Wildman–Crippen MR) is 135 cm³/mol. The van der Waals surface area contributed by atoms with Crippen molar-refractivity contribution in [3.63, 3.8) is 0 Å². The average molecular weight is 538 g/mol. The SMILES string of the molecule is CCCCCC(O)C=CC=O.Cc1ccc(-c2cc(C(F)(F)F)nn2-c2ccc(S(N)(=O)=O)cc2)cc1. The van der Waals surface area contributed by atoms with Crippen molar-refractivity contribution in [2.45, 2.75) is 56.7 Å². The highest BCUT2D eigenvalue weighted by molar-refractivity contribution is 7.89. The van der Waals surface area contributed by atoms with Crippen molar-refractivity contribution in [1.82, 2.24) is 9.78 Å². The summed E-state index contributed by atoms with van der Waals surface area (Å²) < 4.78 is 63.2. The number of aryl methyl sites for hydroxylation is 1. The van der Waals surface area contributed by atoms with Crippen LogP contribution in [-0.2, 0) is 21.0 Å². The van der Waals surface area contributed by atoms with Crippen molar-refractivity contribution >= 4 is 16.3 Å². The van der Waals surface area contributed by atoms with E-state index in [4.69, 9.17) is 10.2 Å². The Morgan fingerprint density at radius 1 is 1.08 bits per heavy atom. The molecule has 3 aromatic rings. The number of alkyl halides is 3. The number of aldehydes is 1. The quantitative estimate of drug-likeness (QED) is 0.221. The molecule has 11 heteroatoms. The maximum atomic E-state index is 13.1. The van der Waals surface area contributed by atoms with Crippen LogP contribution in [0.2, 0.25) is 0 Å². The van der Waals surface area contributed by atoms with Gasteiger partial charge in [0, 0.05) is 5.56 Å². The average Bonchev–Trinajstić information content (AvgIpc) is 3.30. The van der Waals surface area contributed by atoms with Crippen molar-refractivity contribution < 1.29 is 31.5 Å². The van der Waals surface area contributed by atoms with Crippen molar-refractivity contribution in [2.75, 3.05) is 0 Å². The van der Waals surface area contributed by atoms with Gasteiger partial charge in [0.2, 0.25) is 10.0 Å². The summed E-state index contributed by atoms with van der Waals surface area (Å²) in [6.45, 7) is 3.99. The molecule has 2 aromatic carbocycles. The van der Waals surface area contributed by atoms with Gasteiger partial charge in [-0.3, -0.25) is 4.79 Å². The van der Waals surface area contributed by atoms with Gasteiger partial charge in [-0.2, -0.15) is 18.3 Å². The van der Waals surface area contributed by atoms with E-state index in [1.165, 1.54) is 36.4 Å². The summed E-state index contributed by atoms with van der Waals surface area (Å²) in [6.07, 6.45) is 2.61. The number of primary sulfonamides is 1. The van der Waals surface area contributed by atoms with Gasteiger partial charge in [0.05, 0.1) is 22.4 Å². The maximum Gasteiger partial charge on any atom is 0.435 e. The van der Waals surface area contributed by atoms with Gasteiger partial charge < -0.3 is 5.11 Å². The van der Waals surface area contributed by atoms with E-state index in [2.05, 4.69) is 12.0 Å². The van der Waals surface area contributed by atoms with Crippen LogP contribution in [0.25, 0.3) is 16.9 Å². The third-order valence-electron chi connectivity index (χ3n) is 5.27. The summed E-state index contributed by atoms with van der Waals surface area (Å²) in [4.78, 5) is 9.70. The maximum absolute atomic E-state index is 13.1. The van der Waals surface area contributed by atoms with Gasteiger partial charge in [-0.25, -0.2) is 18.2 Å². The molecule has 0 bridgehead atoms. The number of aliphatic hydroxyl groups is 1. The van der Waals surface area contributed by atoms with E-state index in [1.54, 1.807) is 24.3 Å². The number of carbonyl (C=O) groups is 1. The zero-order valence-corrected chi connectivity index (χ0v) is 21.3. The van der Waals surface area contributed by atoms with Crippen LogP contribution in [0, 0.1) is 6.92 Å². The lowest BCUT2D eigenvalue weighted by Crippen LogP contribution is -2.12. The number of aromatic nitrogens is 2. The summed E-state index contributed by atoms with van der Waals surface area (Å²) >= 11 is 0. The molecule has 0 spiro atoms. The number of hydrogen-bond acceptors (Lipinski definition) is 5. The zero-order valence-electron chi connectivity index (χ0n) is 20.5. The van der Waals surface area contributed by atoms with E-state index in [0.29, 0.717) is 11.8 Å². The first kappa shape index (κ1) is 29.9. The topological polar surface area (TPSA) is 115 Å². The molecule has 0 aliphatic carbocycles. The number of sulfonamides is 1. The van der Waals surface area contributed by atoms with Crippen LogP contribution in [0.15, 0.2) is 71.6 Å². The van der Waals surface area contributed by atoms with Crippen LogP contribution < -0.4 is 5.14 Å². The Morgan fingerprint density at radius 3 is 2.22 bits per heavy atom. The molecule has 0 radical (unpaired) electrons. The zero-order chi connectivity index (χ0) is 27.6. The molecule has 1 atom stereocenters. The van der Waals surface area contributed by atoms with Gasteiger partial charge >= 0.3 is 6.18 Å². The Labute approximate surface area is 214 Å². The lowest BCUT2D eigenvalue weighted by Gasteiger charge is -2.09. The first-order valence-corrected chi connectivity index (χ1v) is 13.1. The molecule has 0 saturated heterocycles. The fraction of sp³-hybridized carbons (Fsp3) is 0.308. The molecule has 0 amide bonds. The monoisotopic (exact) mass is 537 g/mol. The van der Waals surface area contributed by atoms with Crippen LogP contribution in [0.4, 0.5) is 13.2 Å². The number of hydrogen-bond donors (Lipinski definition) is 2. The number of halogens is 3. The van der Waals surface area contributed by atoms with E-state index in [9.17, 15) is 26.4 Å². The fourth-order valence-corrected chi connectivity index (χ4v) is 3.81. The van der Waals surface area contributed by atoms with E-state index >= 15 is 0 Å². The van der Waals surface area contributed by atoms with Crippen LogP contribution in [0.1, 0.15) is 43.9 Å². The van der Waals surface area contributed by atoms with E-state index in [0.717, 1.165) is 42.0 Å². The minimum atomic E-state index is -4.61. The molecule has 0 aliphatic heterocycles. The van der Waals surface area contributed by atoms with Gasteiger partial charge in [-0.1, -0.05) is 62.1 Å². The van der Waals surface area contributed by atoms with Crippen molar-refractivity contribution in [1.29, 1.82) is 0 Å². The summed E-state index contributed by atoms with van der Waals surface area (Å²) in [5, 5.41) is 17.9. The highest BCUT2D eigenvalue weighted by atomic mass is 32.2. The van der Waals surface area contributed by atoms with E-state index < -0.39 is 28.0 Å². The van der Waals surface area contributed by atoms with Crippen molar-refractivity contribution in [3.8, 4) is 16.9 Å². The predicted octanol–water partition coefficient (Wildman–Crippen LogP) is 5.20. The van der Waals surface area contributed by atoms with E-state index in [-0.39, 0.29) is 16.3 Å². The standard InChI is InChI=1S/C17H14F3N3O2S.C9H16O2/c1-11-2-4-12(5-3-11)15-10-16(17(18,19)20)22-23(15)13-6-8-14(9-7-13)26(21,24)25;1-2-3-4-6-9(11)7-5-8-10/h2-10H,1H3,(H2,21,24,25);5,7-9,11H,2-4,6H2,1H3. The third kappa shape index (κ3) is 9.27. The second-order valence-corrected chi connectivity index (χ2v) is 9.87. The van der Waals surface area contributed by atoms with Gasteiger partial charge in [-0.05, 0) is 49.8 Å². The Morgan fingerprint density at radius 2 is 1.70 bits per heavy atom. The number of benzene rings is 2. The molecule has 3 rings (SSSR count). The van der Waals surface area contributed by atoms with Crippen LogP contribution in [0.5, 0.6) is 0 Å². The van der Waals surface area contributed by atoms with Gasteiger partial charge in [-0.15, -0.1) is 0 Å². The molecular formula is C26H30F3N3O4S. The second-order valence-electron chi connectivity index (χ2n) is 8.31. The van der Waals surface area contributed by atoms with Gasteiger partial charge in [0.1, 0.15) is 6.29 Å². The number of rotatable bonds is 9. The molecule has 200 valence electrons. The Balaban J connectivity index is 0.000000371. The number of aliphatic hydroxyl groups excluding tert-OH is 1. The van der Waals surface area contributed by atoms with Crippen molar-refractivity contribution in [3.05, 3.63) is 78.0 Å². The van der Waals surface area contributed by atoms with Crippen LogP contribution >= 0.6 is 0 Å². The van der Waals surface area contributed by atoms with Crippen molar-refractivity contribution in [2.24, 2.45) is 5.14 Å². The molecule has 1 unspecified atom stereocenters. The summed E-state index contributed by atoms with van der Waals surface area (Å²) in [6, 6.07) is 13.1. The molecule has 3 N–H and O–H groups in total. The summed E-state index contributed by atoms with van der Waals surface area (Å²) in [7, 11) is -3.90. The first-order chi connectivity index (χ1) is 17.4. The van der Waals surface area contributed by atoms with E-state index in [1.807, 2.05) is 6.92 Å². The second kappa shape index (κ2) is 13.3. The lowest BCUT2D eigenvalue weighted by atomic mass is 10.1. The number of allylic oxidation sites excluding steroid dienone is 1. The number of unbranched alkanes of at least 4 members (excludes halogenated alkanes) is 2. The lowest BCUT2D eigenvalue weighted by molar-refractivity contribution is -0.141. The normalized spacial score (nSPS) is 12.7. The Kier molecular flexibility index (Phi) is 10.8. The number of carbonyl (C=O) groups excluding carboxylic acids is 1. The highest BCUT2D eigenvalue weighted by Crippen LogP contribution is 2.33. The fourth-order valence-electron chi connectivity index (χ4n) is 3.30. The Hall–Kier alpha value is -3.28. The number of nitrogens with zero attached hydrogens (tertiary/aromatic N) is 2. The van der Waals surface area contributed by atoms with Crippen LogP contribution in [0.3, 0.4) is 0 Å². The van der Waals surface area contributed by atoms with Gasteiger partial charge in [0.25, 0.3) is 0 Å². The minimum Gasteiger partial charge on any atom is -0.389 e. The first-order valence-electron chi connectivity index (χ1n) is 11.5. The highest BCUT2D eigenvalue weighted by Gasteiger charge is 2.35. The smallest absolute Gasteiger partial charge is 0.389 e. The molecule has 0 saturated carbocycles. The molecule has 0 aliphatic rings. The summed E-state index contributed by atoms with van der Waals surface area (Å²) in [5.74, 6) is 0. The van der Waals surface area contributed by atoms with Gasteiger partial charge in [0.15, 0.2) is 5.69 Å². The Bertz CT molecular complexity index is 1280. The molecule has 7 nitrogen and oxygen atoms in total. The molecule has 1 heterocycles. The molecule has 1 aromatic heterocycles. The summed E-state index contributed by atoms with van der Waals surface area (Å²) in [5.41, 5.74) is 0.996. The van der Waals surface area contributed by atoms with Crippen LogP contribution in [-0.4, -0.2) is 35.7 Å². The minimum absolute atomic E-state index is 0.138. The largest absolute Gasteiger partial charge is 0.435 e. The third-order valence-corrected chi connectivity index (χ3v) is 6.20. The molecule has 0 fully saturated rings. The molecular weight excluding hydrogens is 507 g/mol.